The topological polar surface area (TPSA) is 40.7 Å². The average molecular weight is 229 g/mol. The van der Waals surface area contributed by atoms with Gasteiger partial charge in [0.2, 0.25) is 5.13 Å². The van der Waals surface area contributed by atoms with Crippen molar-refractivity contribution in [1.29, 1.82) is 0 Å². The number of aromatic nitrogens is 2. The zero-order chi connectivity index (χ0) is 9.80. The second-order valence-electron chi connectivity index (χ2n) is 3.78. The van der Waals surface area contributed by atoms with Gasteiger partial charge in [0.1, 0.15) is 0 Å². The Labute approximate surface area is 92.9 Å². The SMILES string of the molecule is S=c1[nH]nc(NCCC2CCCC2)s1. The van der Waals surface area contributed by atoms with Crippen LogP contribution in [0, 0.1) is 9.87 Å². The number of nitrogens with one attached hydrogen (secondary N) is 2. The van der Waals surface area contributed by atoms with Gasteiger partial charge in [-0.3, -0.25) is 5.10 Å². The summed E-state index contributed by atoms with van der Waals surface area (Å²) in [6.07, 6.45) is 6.94. The molecule has 0 saturated heterocycles. The van der Waals surface area contributed by atoms with Gasteiger partial charge in [-0.2, -0.15) is 0 Å². The highest BCUT2D eigenvalue weighted by atomic mass is 32.1. The Morgan fingerprint density at radius 3 is 2.93 bits per heavy atom. The maximum Gasteiger partial charge on any atom is 0.204 e. The van der Waals surface area contributed by atoms with Crippen molar-refractivity contribution in [3.8, 4) is 0 Å². The van der Waals surface area contributed by atoms with Crippen LogP contribution in [-0.4, -0.2) is 16.7 Å². The summed E-state index contributed by atoms with van der Waals surface area (Å²) in [7, 11) is 0. The van der Waals surface area contributed by atoms with Crippen molar-refractivity contribution in [2.45, 2.75) is 32.1 Å². The quantitative estimate of drug-likeness (QED) is 0.779. The molecule has 0 unspecified atom stereocenters. The summed E-state index contributed by atoms with van der Waals surface area (Å²) in [6.45, 7) is 1.03. The molecule has 1 aliphatic carbocycles. The van der Waals surface area contributed by atoms with Crippen LogP contribution in [0.3, 0.4) is 0 Å². The molecule has 3 nitrogen and oxygen atoms in total. The van der Waals surface area contributed by atoms with E-state index in [4.69, 9.17) is 12.2 Å². The molecule has 1 aromatic heterocycles. The summed E-state index contributed by atoms with van der Waals surface area (Å²) in [6, 6.07) is 0. The lowest BCUT2D eigenvalue weighted by Gasteiger charge is -2.07. The minimum Gasteiger partial charge on any atom is -0.360 e. The molecule has 1 fully saturated rings. The highest BCUT2D eigenvalue weighted by Gasteiger charge is 2.14. The standard InChI is InChI=1S/C9H15N3S2/c13-9-12-11-8(14-9)10-6-5-7-3-1-2-4-7/h7H,1-6H2,(H,10,11)(H,12,13). The monoisotopic (exact) mass is 229 g/mol. The van der Waals surface area contributed by atoms with Crippen LogP contribution in [-0.2, 0) is 0 Å². The summed E-state index contributed by atoms with van der Waals surface area (Å²) < 4.78 is 0.744. The Balaban J connectivity index is 1.69. The molecule has 0 amide bonds. The van der Waals surface area contributed by atoms with E-state index in [-0.39, 0.29) is 0 Å². The molecule has 0 atom stereocenters. The van der Waals surface area contributed by atoms with Crippen LogP contribution in [0.1, 0.15) is 32.1 Å². The fourth-order valence-corrected chi connectivity index (χ4v) is 2.80. The zero-order valence-electron chi connectivity index (χ0n) is 8.08. The summed E-state index contributed by atoms with van der Waals surface area (Å²) in [4.78, 5) is 0. The largest absolute Gasteiger partial charge is 0.360 e. The third-order valence-electron chi connectivity index (χ3n) is 2.74. The minimum atomic E-state index is 0.744. The van der Waals surface area contributed by atoms with E-state index in [9.17, 15) is 0 Å². The zero-order valence-corrected chi connectivity index (χ0v) is 9.72. The van der Waals surface area contributed by atoms with Crippen molar-refractivity contribution in [2.75, 3.05) is 11.9 Å². The predicted octanol–water partition coefficient (Wildman–Crippen LogP) is 3.19. The lowest BCUT2D eigenvalue weighted by Crippen LogP contribution is -2.06. The summed E-state index contributed by atoms with van der Waals surface area (Å²) >= 11 is 6.46. The van der Waals surface area contributed by atoms with Crippen LogP contribution >= 0.6 is 23.6 Å². The maximum absolute atomic E-state index is 4.95. The molecule has 1 aromatic rings. The van der Waals surface area contributed by atoms with E-state index >= 15 is 0 Å². The molecule has 14 heavy (non-hydrogen) atoms. The number of rotatable bonds is 4. The number of hydrogen-bond acceptors (Lipinski definition) is 4. The second-order valence-corrected chi connectivity index (χ2v) is 5.45. The van der Waals surface area contributed by atoms with Crippen LogP contribution < -0.4 is 5.32 Å². The van der Waals surface area contributed by atoms with E-state index in [0.29, 0.717) is 0 Å². The molecule has 0 aromatic carbocycles. The van der Waals surface area contributed by atoms with Crippen LogP contribution in [0.5, 0.6) is 0 Å². The van der Waals surface area contributed by atoms with Gasteiger partial charge in [0.25, 0.3) is 0 Å². The van der Waals surface area contributed by atoms with E-state index in [1.54, 1.807) is 0 Å². The van der Waals surface area contributed by atoms with Crippen molar-refractivity contribution >= 4 is 28.7 Å². The lowest BCUT2D eigenvalue weighted by atomic mass is 10.0. The van der Waals surface area contributed by atoms with Gasteiger partial charge < -0.3 is 5.32 Å². The van der Waals surface area contributed by atoms with Gasteiger partial charge in [-0.05, 0) is 24.6 Å². The van der Waals surface area contributed by atoms with Gasteiger partial charge in [0, 0.05) is 6.54 Å². The molecular formula is C9H15N3S2. The molecule has 5 heteroatoms. The third kappa shape index (κ3) is 2.78. The first-order chi connectivity index (χ1) is 6.84. The highest BCUT2D eigenvalue weighted by molar-refractivity contribution is 7.73. The number of hydrogen-bond donors (Lipinski definition) is 2. The van der Waals surface area contributed by atoms with E-state index in [1.807, 2.05) is 0 Å². The molecule has 0 bridgehead atoms. The molecule has 2 N–H and O–H groups in total. The Hall–Kier alpha value is -0.420. The van der Waals surface area contributed by atoms with E-state index in [2.05, 4.69) is 15.5 Å². The molecule has 0 radical (unpaired) electrons. The van der Waals surface area contributed by atoms with Crippen molar-refractivity contribution in [3.63, 3.8) is 0 Å². The Morgan fingerprint density at radius 2 is 2.29 bits per heavy atom. The lowest BCUT2D eigenvalue weighted by molar-refractivity contribution is 0.518. The first-order valence-electron chi connectivity index (χ1n) is 5.14. The van der Waals surface area contributed by atoms with Crippen LogP contribution in [0.2, 0.25) is 0 Å². The summed E-state index contributed by atoms with van der Waals surface area (Å²) in [5, 5.41) is 11.1. The Morgan fingerprint density at radius 1 is 1.50 bits per heavy atom. The van der Waals surface area contributed by atoms with Gasteiger partial charge in [0.15, 0.2) is 3.95 Å². The van der Waals surface area contributed by atoms with Crippen LogP contribution in [0.15, 0.2) is 0 Å². The fraction of sp³-hybridized carbons (Fsp3) is 0.778. The van der Waals surface area contributed by atoms with Crippen molar-refractivity contribution in [3.05, 3.63) is 3.95 Å². The average Bonchev–Trinajstić information content (AvgIpc) is 2.77. The van der Waals surface area contributed by atoms with Crippen LogP contribution in [0.25, 0.3) is 0 Å². The Kier molecular flexibility index (Phi) is 3.53. The molecule has 0 spiro atoms. The second kappa shape index (κ2) is 4.89. The molecular weight excluding hydrogens is 214 g/mol. The van der Waals surface area contributed by atoms with E-state index in [0.717, 1.165) is 21.5 Å². The van der Waals surface area contributed by atoms with Gasteiger partial charge in [-0.25, -0.2) is 0 Å². The molecule has 1 aliphatic rings. The minimum absolute atomic E-state index is 0.744. The van der Waals surface area contributed by atoms with E-state index in [1.165, 1.54) is 43.4 Å². The number of anilines is 1. The fourth-order valence-electron chi connectivity index (χ4n) is 1.99. The van der Waals surface area contributed by atoms with Crippen LogP contribution in [0.4, 0.5) is 5.13 Å². The molecule has 1 heterocycles. The van der Waals surface area contributed by atoms with Crippen molar-refractivity contribution in [2.24, 2.45) is 5.92 Å². The molecule has 78 valence electrons. The smallest absolute Gasteiger partial charge is 0.204 e. The summed E-state index contributed by atoms with van der Waals surface area (Å²) in [5.41, 5.74) is 0. The summed E-state index contributed by atoms with van der Waals surface area (Å²) in [5.74, 6) is 0.939. The predicted molar refractivity (Wildman–Crippen MR) is 62.4 cm³/mol. The van der Waals surface area contributed by atoms with Gasteiger partial charge in [0.05, 0.1) is 0 Å². The van der Waals surface area contributed by atoms with E-state index < -0.39 is 0 Å². The first-order valence-corrected chi connectivity index (χ1v) is 6.36. The third-order valence-corrected chi connectivity index (χ3v) is 3.79. The first kappa shape index (κ1) is 10.1. The number of nitrogens with zero attached hydrogens (tertiary/aromatic N) is 1. The highest BCUT2D eigenvalue weighted by Crippen LogP contribution is 2.27. The Bertz CT molecular complexity index is 325. The molecule has 0 aliphatic heterocycles. The van der Waals surface area contributed by atoms with Gasteiger partial charge in [-0.1, -0.05) is 37.0 Å². The number of aromatic amines is 1. The maximum atomic E-state index is 4.95. The van der Waals surface area contributed by atoms with Crippen molar-refractivity contribution < 1.29 is 0 Å². The molecule has 1 saturated carbocycles. The normalized spacial score (nSPS) is 17.4. The number of H-pyrrole nitrogens is 1. The van der Waals surface area contributed by atoms with Crippen molar-refractivity contribution in [1.82, 2.24) is 10.2 Å². The van der Waals surface area contributed by atoms with Gasteiger partial charge >= 0.3 is 0 Å². The molecule has 2 rings (SSSR count). The van der Waals surface area contributed by atoms with Gasteiger partial charge in [-0.15, -0.1) is 5.10 Å².